The first-order valence-electron chi connectivity index (χ1n) is 5.00. The summed E-state index contributed by atoms with van der Waals surface area (Å²) in [5, 5.41) is 0. The van der Waals surface area contributed by atoms with Crippen molar-refractivity contribution in [2.45, 2.75) is 6.54 Å². The number of hydrogen-bond acceptors (Lipinski definition) is 2. The van der Waals surface area contributed by atoms with Gasteiger partial charge in [-0.1, -0.05) is 36.4 Å². The van der Waals surface area contributed by atoms with Gasteiger partial charge in [0.15, 0.2) is 0 Å². The molecule has 79 valence electrons. The SMILES string of the molecule is O=[C]N(Cc1ccccc1)c1ccccn1. The molecule has 1 heterocycles. The van der Waals surface area contributed by atoms with Crippen LogP contribution in [0.3, 0.4) is 0 Å². The van der Waals surface area contributed by atoms with E-state index in [1.165, 1.54) is 4.90 Å². The third-order valence-corrected chi connectivity index (χ3v) is 2.22. The van der Waals surface area contributed by atoms with Crippen LogP contribution in [0.1, 0.15) is 5.56 Å². The van der Waals surface area contributed by atoms with Gasteiger partial charge in [-0.3, -0.25) is 9.69 Å². The van der Waals surface area contributed by atoms with Crippen LogP contribution in [0.2, 0.25) is 0 Å². The molecule has 0 aliphatic heterocycles. The molecular weight excluding hydrogens is 200 g/mol. The molecule has 0 N–H and O–H groups in total. The number of aromatic nitrogens is 1. The number of benzene rings is 1. The van der Waals surface area contributed by atoms with Crippen molar-refractivity contribution in [3.05, 3.63) is 60.3 Å². The van der Waals surface area contributed by atoms with Crippen LogP contribution < -0.4 is 4.90 Å². The molecule has 0 saturated heterocycles. The molecule has 1 aromatic carbocycles. The fourth-order valence-corrected chi connectivity index (χ4v) is 1.44. The molecule has 2 rings (SSSR count). The van der Waals surface area contributed by atoms with Crippen molar-refractivity contribution in [2.75, 3.05) is 4.90 Å². The highest BCUT2D eigenvalue weighted by Crippen LogP contribution is 2.11. The van der Waals surface area contributed by atoms with Crippen LogP contribution in [-0.2, 0) is 11.3 Å². The molecule has 0 bridgehead atoms. The highest BCUT2D eigenvalue weighted by atomic mass is 16.1. The molecule has 3 heteroatoms. The molecule has 1 aromatic heterocycles. The molecule has 16 heavy (non-hydrogen) atoms. The molecule has 0 fully saturated rings. The number of pyridine rings is 1. The number of rotatable bonds is 4. The van der Waals surface area contributed by atoms with Gasteiger partial charge in [0.25, 0.3) is 0 Å². The molecule has 0 aliphatic carbocycles. The van der Waals surface area contributed by atoms with Crippen LogP contribution in [-0.4, -0.2) is 11.4 Å². The van der Waals surface area contributed by atoms with Gasteiger partial charge in [0, 0.05) is 6.20 Å². The van der Waals surface area contributed by atoms with E-state index in [1.807, 2.05) is 48.9 Å². The van der Waals surface area contributed by atoms with Crippen molar-refractivity contribution >= 4 is 12.2 Å². The van der Waals surface area contributed by atoms with Gasteiger partial charge in [-0.15, -0.1) is 0 Å². The fourth-order valence-electron chi connectivity index (χ4n) is 1.44. The Bertz CT molecular complexity index is 442. The molecule has 3 nitrogen and oxygen atoms in total. The van der Waals surface area contributed by atoms with Gasteiger partial charge in [0.05, 0.1) is 6.54 Å². The van der Waals surface area contributed by atoms with Crippen molar-refractivity contribution in [1.82, 2.24) is 4.98 Å². The maximum atomic E-state index is 10.9. The summed E-state index contributed by atoms with van der Waals surface area (Å²) < 4.78 is 0. The van der Waals surface area contributed by atoms with Crippen molar-refractivity contribution in [3.63, 3.8) is 0 Å². The lowest BCUT2D eigenvalue weighted by Crippen LogP contribution is -2.21. The Kier molecular flexibility index (Phi) is 3.28. The van der Waals surface area contributed by atoms with E-state index in [0.717, 1.165) is 5.56 Å². The van der Waals surface area contributed by atoms with Gasteiger partial charge >= 0.3 is 6.41 Å². The first kappa shape index (κ1) is 10.4. The van der Waals surface area contributed by atoms with E-state index in [1.54, 1.807) is 12.3 Å². The Labute approximate surface area is 94.4 Å². The van der Waals surface area contributed by atoms with E-state index < -0.39 is 0 Å². The minimum Gasteiger partial charge on any atom is -0.284 e. The van der Waals surface area contributed by atoms with E-state index in [2.05, 4.69) is 4.98 Å². The molecule has 0 aliphatic rings. The fraction of sp³-hybridized carbons (Fsp3) is 0.0769. The van der Waals surface area contributed by atoms with E-state index in [4.69, 9.17) is 0 Å². The Balaban J connectivity index is 2.16. The quantitative estimate of drug-likeness (QED) is 0.726. The van der Waals surface area contributed by atoms with Gasteiger partial charge in [-0.05, 0) is 17.7 Å². The van der Waals surface area contributed by atoms with E-state index in [9.17, 15) is 4.79 Å². The van der Waals surface area contributed by atoms with Crippen LogP contribution in [0.15, 0.2) is 54.7 Å². The van der Waals surface area contributed by atoms with Crippen molar-refractivity contribution < 1.29 is 4.79 Å². The summed E-state index contributed by atoms with van der Waals surface area (Å²) in [5.41, 5.74) is 1.05. The smallest absolute Gasteiger partial charge is 0.284 e. The Morgan fingerprint density at radius 3 is 2.44 bits per heavy atom. The van der Waals surface area contributed by atoms with E-state index in [0.29, 0.717) is 12.4 Å². The molecular formula is C13H11N2O. The summed E-state index contributed by atoms with van der Waals surface area (Å²) in [6.07, 6.45) is 3.55. The molecule has 2 aromatic rings. The highest BCUT2D eigenvalue weighted by Gasteiger charge is 2.07. The third-order valence-electron chi connectivity index (χ3n) is 2.22. The summed E-state index contributed by atoms with van der Waals surface area (Å²) >= 11 is 0. The zero-order chi connectivity index (χ0) is 11.2. The van der Waals surface area contributed by atoms with Gasteiger partial charge in [0.2, 0.25) is 0 Å². The molecule has 0 atom stereocenters. The number of anilines is 1. The van der Waals surface area contributed by atoms with Crippen LogP contribution in [0.5, 0.6) is 0 Å². The molecule has 0 spiro atoms. The topological polar surface area (TPSA) is 33.2 Å². The highest BCUT2D eigenvalue weighted by molar-refractivity contribution is 5.73. The van der Waals surface area contributed by atoms with Crippen molar-refractivity contribution in [1.29, 1.82) is 0 Å². The predicted molar refractivity (Wildman–Crippen MR) is 62.6 cm³/mol. The first-order valence-corrected chi connectivity index (χ1v) is 5.00. The van der Waals surface area contributed by atoms with Crippen LogP contribution >= 0.6 is 0 Å². The predicted octanol–water partition coefficient (Wildman–Crippen LogP) is 2.16. The van der Waals surface area contributed by atoms with E-state index in [-0.39, 0.29) is 0 Å². The summed E-state index contributed by atoms with van der Waals surface area (Å²) in [6, 6.07) is 15.2. The van der Waals surface area contributed by atoms with Crippen LogP contribution in [0.4, 0.5) is 5.82 Å². The lowest BCUT2D eigenvalue weighted by atomic mass is 10.2. The van der Waals surface area contributed by atoms with Gasteiger partial charge in [-0.2, -0.15) is 0 Å². The zero-order valence-electron chi connectivity index (χ0n) is 8.71. The lowest BCUT2D eigenvalue weighted by molar-refractivity contribution is 0.550. The number of nitrogens with zero attached hydrogens (tertiary/aromatic N) is 2. The lowest BCUT2D eigenvalue weighted by Gasteiger charge is -2.14. The average Bonchev–Trinajstić information content (AvgIpc) is 2.38. The zero-order valence-corrected chi connectivity index (χ0v) is 8.71. The van der Waals surface area contributed by atoms with Crippen molar-refractivity contribution in [3.8, 4) is 0 Å². The maximum Gasteiger partial charge on any atom is 0.318 e. The average molecular weight is 211 g/mol. The number of hydrogen-bond donors (Lipinski definition) is 0. The molecule has 0 saturated carbocycles. The monoisotopic (exact) mass is 211 g/mol. The summed E-state index contributed by atoms with van der Waals surface area (Å²) in [6.45, 7) is 0.487. The normalized spacial score (nSPS) is 9.75. The van der Waals surface area contributed by atoms with Crippen molar-refractivity contribution in [2.24, 2.45) is 0 Å². The molecule has 1 amide bonds. The first-order chi connectivity index (χ1) is 7.90. The largest absolute Gasteiger partial charge is 0.318 e. The van der Waals surface area contributed by atoms with E-state index >= 15 is 0 Å². The standard InChI is InChI=1S/C13H11N2O/c16-11-15(13-8-4-5-9-14-13)10-12-6-2-1-3-7-12/h1-9H,10H2. The minimum absolute atomic E-state index is 0.487. The van der Waals surface area contributed by atoms with Gasteiger partial charge < -0.3 is 0 Å². The summed E-state index contributed by atoms with van der Waals surface area (Å²) in [7, 11) is 0. The molecule has 0 unspecified atom stereocenters. The van der Waals surface area contributed by atoms with Crippen LogP contribution in [0, 0.1) is 0 Å². The second-order valence-electron chi connectivity index (χ2n) is 3.35. The van der Waals surface area contributed by atoms with Gasteiger partial charge in [-0.25, -0.2) is 4.98 Å². The summed E-state index contributed by atoms with van der Waals surface area (Å²) in [5.74, 6) is 0.612. The second kappa shape index (κ2) is 5.07. The third kappa shape index (κ3) is 2.45. The molecule has 1 radical (unpaired) electrons. The Morgan fingerprint density at radius 2 is 1.81 bits per heavy atom. The van der Waals surface area contributed by atoms with Crippen LogP contribution in [0.25, 0.3) is 0 Å². The summed E-state index contributed by atoms with van der Waals surface area (Å²) in [4.78, 5) is 16.4. The number of carbonyl (C=O) groups excluding carboxylic acids is 1. The Morgan fingerprint density at radius 1 is 1.06 bits per heavy atom. The second-order valence-corrected chi connectivity index (χ2v) is 3.35. The maximum absolute atomic E-state index is 10.9. The number of amides is 1. The Hall–Kier alpha value is -2.16. The van der Waals surface area contributed by atoms with Gasteiger partial charge in [0.1, 0.15) is 5.82 Å². The minimum atomic E-state index is 0.487.